The Balaban J connectivity index is 2.33. The highest BCUT2D eigenvalue weighted by Gasteiger charge is 2.40. The molecule has 1 aromatic carbocycles. The molecule has 1 aliphatic carbocycles. The van der Waals surface area contributed by atoms with Crippen molar-refractivity contribution in [1.82, 2.24) is 0 Å². The number of nitrogens with two attached hydrogens (primary N) is 1. The van der Waals surface area contributed by atoms with E-state index in [0.29, 0.717) is 0 Å². The normalized spacial score (nSPS) is 20.2. The van der Waals surface area contributed by atoms with Crippen LogP contribution in [0.25, 0.3) is 0 Å². The Hall–Kier alpha value is -0.860. The van der Waals surface area contributed by atoms with Crippen LogP contribution in [0.1, 0.15) is 61.8 Å². The van der Waals surface area contributed by atoms with Crippen LogP contribution in [0.5, 0.6) is 0 Å². The average molecular weight is 261 g/mol. The third kappa shape index (κ3) is 2.85. The summed E-state index contributed by atoms with van der Waals surface area (Å²) in [6.45, 7) is 7.15. The van der Waals surface area contributed by atoms with Gasteiger partial charge in [-0.05, 0) is 50.3 Å². The minimum absolute atomic E-state index is 0.00681. The van der Waals surface area contributed by atoms with Crippen molar-refractivity contribution in [2.24, 2.45) is 5.73 Å². The van der Waals surface area contributed by atoms with Gasteiger partial charge in [-0.1, -0.05) is 37.5 Å². The van der Waals surface area contributed by atoms with Gasteiger partial charge in [-0.25, -0.2) is 0 Å². The van der Waals surface area contributed by atoms with Gasteiger partial charge < -0.3 is 10.5 Å². The molecule has 0 radical (unpaired) electrons. The zero-order chi connectivity index (χ0) is 13.9. The lowest BCUT2D eigenvalue weighted by molar-refractivity contribution is -0.0832. The lowest BCUT2D eigenvalue weighted by atomic mass is 9.76. The molecule has 1 unspecified atom stereocenters. The molecule has 1 saturated carbocycles. The second kappa shape index (κ2) is 6.06. The standard InChI is InChI=1S/C17H27NO/c1-4-19-17(11-6-5-7-12-17)16(18)15-10-8-9-13(2)14(15)3/h8-10,16H,4-7,11-12,18H2,1-3H3. The van der Waals surface area contributed by atoms with Crippen LogP contribution in [-0.2, 0) is 4.74 Å². The Kier molecular flexibility index (Phi) is 4.64. The van der Waals surface area contributed by atoms with Gasteiger partial charge in [0.2, 0.25) is 0 Å². The van der Waals surface area contributed by atoms with Crippen molar-refractivity contribution in [3.05, 3.63) is 34.9 Å². The van der Waals surface area contributed by atoms with Crippen LogP contribution in [0.3, 0.4) is 0 Å². The summed E-state index contributed by atoms with van der Waals surface area (Å²) in [7, 11) is 0. The van der Waals surface area contributed by atoms with E-state index in [1.54, 1.807) is 0 Å². The van der Waals surface area contributed by atoms with Crippen molar-refractivity contribution < 1.29 is 4.74 Å². The van der Waals surface area contributed by atoms with Gasteiger partial charge in [0.25, 0.3) is 0 Å². The molecule has 2 heteroatoms. The molecule has 19 heavy (non-hydrogen) atoms. The second-order valence-corrected chi connectivity index (χ2v) is 5.83. The van der Waals surface area contributed by atoms with Crippen molar-refractivity contribution in [3.63, 3.8) is 0 Å². The fourth-order valence-electron chi connectivity index (χ4n) is 3.38. The molecule has 0 aromatic heterocycles. The Morgan fingerprint density at radius 1 is 1.21 bits per heavy atom. The van der Waals surface area contributed by atoms with E-state index in [4.69, 9.17) is 10.5 Å². The predicted molar refractivity (Wildman–Crippen MR) is 80.3 cm³/mol. The lowest BCUT2D eigenvalue weighted by Gasteiger charge is -2.42. The number of hydrogen-bond acceptors (Lipinski definition) is 2. The predicted octanol–water partition coefficient (Wildman–Crippen LogP) is 4.04. The average Bonchev–Trinajstić information content (AvgIpc) is 2.42. The summed E-state index contributed by atoms with van der Waals surface area (Å²) < 4.78 is 6.16. The van der Waals surface area contributed by atoms with E-state index in [2.05, 4.69) is 39.0 Å². The minimum Gasteiger partial charge on any atom is -0.373 e. The maximum absolute atomic E-state index is 6.64. The summed E-state index contributed by atoms with van der Waals surface area (Å²) in [6, 6.07) is 6.43. The van der Waals surface area contributed by atoms with E-state index in [0.717, 1.165) is 19.4 Å². The maximum atomic E-state index is 6.64. The van der Waals surface area contributed by atoms with E-state index in [1.165, 1.54) is 36.0 Å². The van der Waals surface area contributed by atoms with Crippen LogP contribution in [0.15, 0.2) is 18.2 Å². The molecule has 2 rings (SSSR count). The molecule has 0 amide bonds. The van der Waals surface area contributed by atoms with Gasteiger partial charge >= 0.3 is 0 Å². The highest BCUT2D eigenvalue weighted by atomic mass is 16.5. The van der Waals surface area contributed by atoms with Crippen molar-refractivity contribution in [3.8, 4) is 0 Å². The summed E-state index contributed by atoms with van der Waals surface area (Å²) in [5.74, 6) is 0. The highest BCUT2D eigenvalue weighted by Crippen LogP contribution is 2.41. The summed E-state index contributed by atoms with van der Waals surface area (Å²) in [4.78, 5) is 0. The zero-order valence-corrected chi connectivity index (χ0v) is 12.5. The number of benzene rings is 1. The zero-order valence-electron chi connectivity index (χ0n) is 12.5. The molecule has 2 N–H and O–H groups in total. The molecule has 0 spiro atoms. The third-order valence-corrected chi connectivity index (χ3v) is 4.68. The number of aryl methyl sites for hydroxylation is 1. The van der Waals surface area contributed by atoms with Gasteiger partial charge in [0.15, 0.2) is 0 Å². The number of ether oxygens (including phenoxy) is 1. The van der Waals surface area contributed by atoms with Gasteiger partial charge in [-0.3, -0.25) is 0 Å². The molecular formula is C17H27NO. The third-order valence-electron chi connectivity index (χ3n) is 4.68. The lowest BCUT2D eigenvalue weighted by Crippen LogP contribution is -2.45. The van der Waals surface area contributed by atoms with Gasteiger partial charge in [0, 0.05) is 6.61 Å². The molecule has 0 saturated heterocycles. The number of rotatable bonds is 4. The van der Waals surface area contributed by atoms with Crippen LogP contribution >= 0.6 is 0 Å². The largest absolute Gasteiger partial charge is 0.373 e. The monoisotopic (exact) mass is 261 g/mol. The molecule has 2 nitrogen and oxygen atoms in total. The van der Waals surface area contributed by atoms with Crippen molar-refractivity contribution in [2.75, 3.05) is 6.61 Å². The molecule has 1 fully saturated rings. The molecule has 1 atom stereocenters. The molecule has 0 bridgehead atoms. The Bertz CT molecular complexity index is 416. The van der Waals surface area contributed by atoms with Crippen molar-refractivity contribution >= 4 is 0 Å². The SMILES string of the molecule is CCOC1(C(N)c2cccc(C)c2C)CCCCC1. The summed E-state index contributed by atoms with van der Waals surface area (Å²) in [6.07, 6.45) is 5.97. The summed E-state index contributed by atoms with van der Waals surface area (Å²) in [5, 5.41) is 0. The van der Waals surface area contributed by atoms with Crippen LogP contribution in [0.2, 0.25) is 0 Å². The maximum Gasteiger partial charge on any atom is 0.0874 e. The molecular weight excluding hydrogens is 234 g/mol. The van der Waals surface area contributed by atoms with Crippen molar-refractivity contribution in [1.29, 1.82) is 0 Å². The molecule has 0 heterocycles. The Labute approximate surface area is 117 Å². The van der Waals surface area contributed by atoms with Gasteiger partial charge in [-0.2, -0.15) is 0 Å². The first-order valence-electron chi connectivity index (χ1n) is 7.56. The summed E-state index contributed by atoms with van der Waals surface area (Å²) in [5.41, 5.74) is 10.4. The quantitative estimate of drug-likeness (QED) is 0.887. The Morgan fingerprint density at radius 3 is 2.53 bits per heavy atom. The summed E-state index contributed by atoms with van der Waals surface area (Å²) >= 11 is 0. The first-order chi connectivity index (χ1) is 9.10. The van der Waals surface area contributed by atoms with Crippen molar-refractivity contribution in [2.45, 2.75) is 64.5 Å². The van der Waals surface area contributed by atoms with Crippen LogP contribution in [0, 0.1) is 13.8 Å². The fourth-order valence-corrected chi connectivity index (χ4v) is 3.38. The molecule has 1 aromatic rings. The minimum atomic E-state index is -0.147. The van der Waals surface area contributed by atoms with Crippen LogP contribution < -0.4 is 5.73 Å². The highest BCUT2D eigenvalue weighted by molar-refractivity contribution is 5.36. The molecule has 106 valence electrons. The van der Waals surface area contributed by atoms with Crippen LogP contribution in [-0.4, -0.2) is 12.2 Å². The van der Waals surface area contributed by atoms with E-state index < -0.39 is 0 Å². The smallest absolute Gasteiger partial charge is 0.0874 e. The van der Waals surface area contributed by atoms with Crippen LogP contribution in [0.4, 0.5) is 0 Å². The molecule has 1 aliphatic rings. The van der Waals surface area contributed by atoms with Gasteiger partial charge in [-0.15, -0.1) is 0 Å². The van der Waals surface area contributed by atoms with E-state index in [-0.39, 0.29) is 11.6 Å². The fraction of sp³-hybridized carbons (Fsp3) is 0.647. The van der Waals surface area contributed by atoms with Gasteiger partial charge in [0.05, 0.1) is 11.6 Å². The second-order valence-electron chi connectivity index (χ2n) is 5.83. The Morgan fingerprint density at radius 2 is 1.89 bits per heavy atom. The van der Waals surface area contributed by atoms with E-state index in [1.807, 2.05) is 0 Å². The first-order valence-corrected chi connectivity index (χ1v) is 7.56. The van der Waals surface area contributed by atoms with E-state index >= 15 is 0 Å². The topological polar surface area (TPSA) is 35.2 Å². The van der Waals surface area contributed by atoms with E-state index in [9.17, 15) is 0 Å². The first kappa shape index (κ1) is 14.5. The van der Waals surface area contributed by atoms with Gasteiger partial charge in [0.1, 0.15) is 0 Å². The number of hydrogen-bond donors (Lipinski definition) is 1. The molecule has 0 aliphatic heterocycles.